The summed E-state index contributed by atoms with van der Waals surface area (Å²) < 4.78 is 0.661. The van der Waals surface area contributed by atoms with Crippen molar-refractivity contribution in [3.05, 3.63) is 70.3 Å². The number of rotatable bonds is 2. The highest BCUT2D eigenvalue weighted by atomic mass is 79.9. The van der Waals surface area contributed by atoms with Crippen LogP contribution in [0.25, 0.3) is 10.9 Å². The zero-order valence-electron chi connectivity index (χ0n) is 11.4. The minimum Gasteiger partial charge on any atom is -0.360 e. The van der Waals surface area contributed by atoms with Gasteiger partial charge in [0.2, 0.25) is 0 Å². The van der Waals surface area contributed by atoms with Crippen molar-refractivity contribution in [1.29, 1.82) is 0 Å². The van der Waals surface area contributed by atoms with Gasteiger partial charge in [0, 0.05) is 21.6 Å². The third kappa shape index (κ3) is 2.73. The van der Waals surface area contributed by atoms with Crippen molar-refractivity contribution in [2.24, 2.45) is 0 Å². The van der Waals surface area contributed by atoms with E-state index in [4.69, 9.17) is 0 Å². The Labute approximate surface area is 134 Å². The Balaban J connectivity index is 1.73. The molecule has 22 heavy (non-hydrogen) atoms. The van der Waals surface area contributed by atoms with Gasteiger partial charge in [-0.05, 0) is 34.1 Å². The number of fused-ring (bicyclic) bond motifs is 1. The lowest BCUT2D eigenvalue weighted by atomic mass is 10.2. The molecule has 0 radical (unpaired) electrons. The van der Waals surface area contributed by atoms with Gasteiger partial charge in [0.1, 0.15) is 0 Å². The Morgan fingerprint density at radius 3 is 2.27 bits per heavy atom. The molecule has 1 aromatic heterocycles. The van der Waals surface area contributed by atoms with Gasteiger partial charge in [-0.15, -0.1) is 0 Å². The molecule has 0 aliphatic heterocycles. The van der Waals surface area contributed by atoms with Gasteiger partial charge in [-0.25, -0.2) is 0 Å². The summed E-state index contributed by atoms with van der Waals surface area (Å²) in [6.45, 7) is 0. The monoisotopic (exact) mass is 357 g/mol. The highest BCUT2D eigenvalue weighted by Gasteiger charge is 2.14. The fourth-order valence-corrected chi connectivity index (χ4v) is 2.62. The van der Waals surface area contributed by atoms with Crippen molar-refractivity contribution in [3.8, 4) is 0 Å². The minimum absolute atomic E-state index is 0.377. The van der Waals surface area contributed by atoms with Gasteiger partial charge in [0.15, 0.2) is 0 Å². The molecule has 5 nitrogen and oxygen atoms in total. The van der Waals surface area contributed by atoms with Crippen LogP contribution in [0.4, 0.5) is 0 Å². The Hall–Kier alpha value is -2.60. The second kappa shape index (κ2) is 6.03. The summed E-state index contributed by atoms with van der Waals surface area (Å²) >= 11 is 3.30. The number of hydrogen-bond acceptors (Lipinski definition) is 2. The summed E-state index contributed by atoms with van der Waals surface area (Å²) in [5, 5.41) is 0.801. The summed E-state index contributed by atoms with van der Waals surface area (Å²) in [5.74, 6) is -0.765. The van der Waals surface area contributed by atoms with E-state index >= 15 is 0 Å². The van der Waals surface area contributed by atoms with E-state index in [0.29, 0.717) is 15.6 Å². The number of halogens is 1. The molecule has 0 bridgehead atoms. The summed E-state index contributed by atoms with van der Waals surface area (Å²) in [4.78, 5) is 27.2. The number of carbonyl (C=O) groups excluding carboxylic acids is 2. The van der Waals surface area contributed by atoms with Crippen LogP contribution in [0.1, 0.15) is 20.7 Å². The van der Waals surface area contributed by atoms with Gasteiger partial charge in [0.25, 0.3) is 11.8 Å². The molecule has 1 heterocycles. The van der Waals surface area contributed by atoms with E-state index in [1.54, 1.807) is 24.4 Å². The van der Waals surface area contributed by atoms with Gasteiger partial charge in [-0.2, -0.15) is 0 Å². The van der Waals surface area contributed by atoms with E-state index < -0.39 is 0 Å². The van der Waals surface area contributed by atoms with Gasteiger partial charge < -0.3 is 4.98 Å². The second-order valence-corrected chi connectivity index (χ2v) is 5.49. The molecule has 3 rings (SSSR count). The summed E-state index contributed by atoms with van der Waals surface area (Å²) in [5.41, 5.74) is 6.62. The first-order chi connectivity index (χ1) is 10.7. The number of H-pyrrole nitrogens is 1. The lowest BCUT2D eigenvalue weighted by Gasteiger charge is -2.08. The average molecular weight is 358 g/mol. The van der Waals surface area contributed by atoms with Crippen molar-refractivity contribution in [3.63, 3.8) is 0 Å². The average Bonchev–Trinajstić information content (AvgIpc) is 2.97. The molecule has 0 unspecified atom stereocenters. The number of carbonyl (C=O) groups is 2. The predicted molar refractivity (Wildman–Crippen MR) is 87.4 cm³/mol. The number of hydrazine groups is 1. The smallest absolute Gasteiger partial charge is 0.271 e. The molecule has 3 aromatic rings. The fourth-order valence-electron chi connectivity index (χ4n) is 2.15. The molecular weight excluding hydrogens is 346 g/mol. The highest BCUT2D eigenvalue weighted by molar-refractivity contribution is 9.10. The molecule has 110 valence electrons. The normalized spacial score (nSPS) is 10.4. The Kier molecular flexibility index (Phi) is 3.93. The molecule has 0 saturated heterocycles. The first-order valence-corrected chi connectivity index (χ1v) is 7.37. The van der Waals surface area contributed by atoms with Crippen LogP contribution in [0.3, 0.4) is 0 Å². The van der Waals surface area contributed by atoms with Crippen LogP contribution in [0.2, 0.25) is 0 Å². The van der Waals surface area contributed by atoms with Gasteiger partial charge >= 0.3 is 0 Å². The van der Waals surface area contributed by atoms with Crippen molar-refractivity contribution >= 4 is 38.6 Å². The second-order valence-electron chi connectivity index (χ2n) is 4.64. The number of amides is 2. The van der Waals surface area contributed by atoms with Crippen LogP contribution in [0, 0.1) is 0 Å². The van der Waals surface area contributed by atoms with Crippen molar-refractivity contribution in [1.82, 2.24) is 15.8 Å². The Morgan fingerprint density at radius 1 is 0.864 bits per heavy atom. The first kappa shape index (κ1) is 14.3. The standard InChI is InChI=1S/C16H12BrN3O2/c17-13-7-3-1-6-11(13)15(21)19-20-16(22)12-9-18-14-8-4-2-5-10(12)14/h1-9,18H,(H,19,21)(H,20,22). The predicted octanol–water partition coefficient (Wildman–Crippen LogP) is 3.01. The quantitative estimate of drug-likeness (QED) is 0.616. The summed E-state index contributed by atoms with van der Waals surface area (Å²) in [6, 6.07) is 14.4. The minimum atomic E-state index is -0.388. The van der Waals surface area contributed by atoms with Crippen LogP contribution in [0.15, 0.2) is 59.2 Å². The molecule has 0 fully saturated rings. The maximum atomic E-state index is 12.2. The number of aromatic nitrogens is 1. The van der Waals surface area contributed by atoms with Gasteiger partial charge in [0.05, 0.1) is 11.1 Å². The third-order valence-corrected chi connectivity index (χ3v) is 3.93. The zero-order valence-corrected chi connectivity index (χ0v) is 13.0. The van der Waals surface area contributed by atoms with Crippen LogP contribution in [-0.4, -0.2) is 16.8 Å². The SMILES string of the molecule is O=C(NNC(=O)c1c[nH]c2ccccc12)c1ccccc1Br. The van der Waals surface area contributed by atoms with Gasteiger partial charge in [-0.3, -0.25) is 20.4 Å². The molecule has 2 aromatic carbocycles. The lowest BCUT2D eigenvalue weighted by molar-refractivity contribution is 0.0847. The van der Waals surface area contributed by atoms with Crippen molar-refractivity contribution < 1.29 is 9.59 Å². The number of para-hydroxylation sites is 1. The topological polar surface area (TPSA) is 74.0 Å². The maximum Gasteiger partial charge on any atom is 0.271 e. The summed E-state index contributed by atoms with van der Waals surface area (Å²) in [7, 11) is 0. The number of benzene rings is 2. The maximum absolute atomic E-state index is 12.2. The molecule has 0 spiro atoms. The van der Waals surface area contributed by atoms with Crippen LogP contribution >= 0.6 is 15.9 Å². The van der Waals surface area contributed by atoms with Gasteiger partial charge in [-0.1, -0.05) is 30.3 Å². The number of aromatic amines is 1. The van der Waals surface area contributed by atoms with Crippen LogP contribution < -0.4 is 10.9 Å². The first-order valence-electron chi connectivity index (χ1n) is 6.58. The van der Waals surface area contributed by atoms with E-state index in [2.05, 4.69) is 31.8 Å². The molecule has 0 atom stereocenters. The molecule has 3 N–H and O–H groups in total. The third-order valence-electron chi connectivity index (χ3n) is 3.24. The summed E-state index contributed by atoms with van der Waals surface area (Å²) in [6.07, 6.45) is 1.62. The van der Waals surface area contributed by atoms with E-state index in [-0.39, 0.29) is 11.8 Å². The molecular formula is C16H12BrN3O2. The van der Waals surface area contributed by atoms with E-state index in [0.717, 1.165) is 10.9 Å². The highest BCUT2D eigenvalue weighted by Crippen LogP contribution is 2.17. The largest absolute Gasteiger partial charge is 0.360 e. The molecule has 0 saturated carbocycles. The van der Waals surface area contributed by atoms with Crippen LogP contribution in [0.5, 0.6) is 0 Å². The van der Waals surface area contributed by atoms with Crippen LogP contribution in [-0.2, 0) is 0 Å². The lowest BCUT2D eigenvalue weighted by Crippen LogP contribution is -2.41. The van der Waals surface area contributed by atoms with E-state index in [1.807, 2.05) is 30.3 Å². The molecule has 6 heteroatoms. The Bertz CT molecular complexity index is 857. The number of nitrogens with one attached hydrogen (secondary N) is 3. The van der Waals surface area contributed by atoms with Crippen molar-refractivity contribution in [2.75, 3.05) is 0 Å². The Morgan fingerprint density at radius 2 is 1.50 bits per heavy atom. The van der Waals surface area contributed by atoms with E-state index in [9.17, 15) is 9.59 Å². The molecule has 2 amide bonds. The molecule has 0 aliphatic rings. The molecule has 0 aliphatic carbocycles. The number of hydrogen-bond donors (Lipinski definition) is 3. The van der Waals surface area contributed by atoms with E-state index in [1.165, 1.54) is 0 Å². The fraction of sp³-hybridized carbons (Fsp3) is 0. The zero-order chi connectivity index (χ0) is 15.5. The van der Waals surface area contributed by atoms with Crippen molar-refractivity contribution in [2.45, 2.75) is 0 Å².